The van der Waals surface area contributed by atoms with Gasteiger partial charge >= 0.3 is 0 Å². The van der Waals surface area contributed by atoms with Gasteiger partial charge in [0.1, 0.15) is 0 Å². The summed E-state index contributed by atoms with van der Waals surface area (Å²) in [5.41, 5.74) is 1.37. The summed E-state index contributed by atoms with van der Waals surface area (Å²) >= 11 is 0. The van der Waals surface area contributed by atoms with Crippen LogP contribution in [0.3, 0.4) is 0 Å². The van der Waals surface area contributed by atoms with Crippen LogP contribution in [0.4, 0.5) is 0 Å². The molecule has 2 unspecified atom stereocenters. The van der Waals surface area contributed by atoms with Gasteiger partial charge in [-0.25, -0.2) is 0 Å². The van der Waals surface area contributed by atoms with Crippen LogP contribution in [-0.2, 0) is 0 Å². The van der Waals surface area contributed by atoms with E-state index in [9.17, 15) is 0 Å². The number of hydrogen-bond acceptors (Lipinski definition) is 3. The van der Waals surface area contributed by atoms with Crippen LogP contribution in [0.5, 0.6) is 0 Å². The molecular formula is C16H27N3. The molecule has 1 fully saturated rings. The Hall–Kier alpha value is -0.930. The van der Waals surface area contributed by atoms with E-state index < -0.39 is 0 Å². The van der Waals surface area contributed by atoms with Gasteiger partial charge in [-0.1, -0.05) is 12.5 Å². The molecule has 1 saturated heterocycles. The van der Waals surface area contributed by atoms with E-state index >= 15 is 0 Å². The summed E-state index contributed by atoms with van der Waals surface area (Å²) in [6.45, 7) is 6.91. The first-order chi connectivity index (χ1) is 9.24. The first-order valence-electron chi connectivity index (χ1n) is 7.54. The molecule has 2 rings (SSSR count). The second-order valence-corrected chi connectivity index (χ2v) is 5.88. The van der Waals surface area contributed by atoms with Crippen LogP contribution >= 0.6 is 0 Å². The second-order valence-electron chi connectivity index (χ2n) is 5.88. The van der Waals surface area contributed by atoms with Crippen LogP contribution in [0, 0.1) is 5.92 Å². The maximum Gasteiger partial charge on any atom is 0.0406 e. The molecule has 106 valence electrons. The first-order valence-corrected chi connectivity index (χ1v) is 7.54. The van der Waals surface area contributed by atoms with Crippen molar-refractivity contribution < 1.29 is 0 Å². The van der Waals surface area contributed by atoms with Gasteiger partial charge < -0.3 is 5.32 Å². The van der Waals surface area contributed by atoms with E-state index in [-0.39, 0.29) is 0 Å². The highest BCUT2D eigenvalue weighted by atomic mass is 15.2. The van der Waals surface area contributed by atoms with Crippen molar-refractivity contribution in [3.05, 3.63) is 30.1 Å². The molecule has 1 aromatic heterocycles. The average Bonchev–Trinajstić information content (AvgIpc) is 2.63. The number of pyridine rings is 1. The van der Waals surface area contributed by atoms with Crippen LogP contribution in [0.25, 0.3) is 0 Å². The molecule has 3 heteroatoms. The van der Waals surface area contributed by atoms with Crippen molar-refractivity contribution in [3.63, 3.8) is 0 Å². The zero-order valence-corrected chi connectivity index (χ0v) is 12.5. The standard InChI is InChI=1S/C16H27N3/c1-13(2)19-10-5-4-7-14(11-17-3)16(19)15-8-6-9-18-12-15/h6,8-9,12-14,16-17H,4-5,7,10-11H2,1-3H3. The molecule has 1 N–H and O–H groups in total. The number of nitrogens with one attached hydrogen (secondary N) is 1. The van der Waals surface area contributed by atoms with E-state index in [4.69, 9.17) is 0 Å². The quantitative estimate of drug-likeness (QED) is 0.903. The fraction of sp³-hybridized carbons (Fsp3) is 0.688. The van der Waals surface area contributed by atoms with Gasteiger partial charge in [-0.05, 0) is 64.4 Å². The molecule has 1 aliphatic heterocycles. The summed E-state index contributed by atoms with van der Waals surface area (Å²) in [7, 11) is 2.06. The second kappa shape index (κ2) is 7.01. The van der Waals surface area contributed by atoms with Gasteiger partial charge in [0.25, 0.3) is 0 Å². The normalized spacial score (nSPS) is 25.5. The molecule has 2 atom stereocenters. The summed E-state index contributed by atoms with van der Waals surface area (Å²) in [5, 5.41) is 3.38. The Morgan fingerprint density at radius 1 is 1.42 bits per heavy atom. The zero-order valence-electron chi connectivity index (χ0n) is 12.5. The molecule has 3 nitrogen and oxygen atoms in total. The van der Waals surface area contributed by atoms with E-state index in [1.165, 1.54) is 31.4 Å². The number of rotatable bonds is 4. The van der Waals surface area contributed by atoms with Crippen LogP contribution < -0.4 is 5.32 Å². The van der Waals surface area contributed by atoms with Gasteiger partial charge in [0, 0.05) is 24.5 Å². The van der Waals surface area contributed by atoms with E-state index in [0.717, 1.165) is 6.54 Å². The summed E-state index contributed by atoms with van der Waals surface area (Å²) in [6.07, 6.45) is 7.88. The Morgan fingerprint density at radius 2 is 2.26 bits per heavy atom. The van der Waals surface area contributed by atoms with Crippen molar-refractivity contribution in [3.8, 4) is 0 Å². The third kappa shape index (κ3) is 3.54. The Morgan fingerprint density at radius 3 is 2.89 bits per heavy atom. The van der Waals surface area contributed by atoms with Crippen LogP contribution in [-0.4, -0.2) is 36.1 Å². The zero-order chi connectivity index (χ0) is 13.7. The van der Waals surface area contributed by atoms with E-state index in [1.807, 2.05) is 12.4 Å². The van der Waals surface area contributed by atoms with E-state index in [0.29, 0.717) is 18.0 Å². The Labute approximate surface area is 117 Å². The van der Waals surface area contributed by atoms with Gasteiger partial charge in [0.15, 0.2) is 0 Å². The summed E-state index contributed by atoms with van der Waals surface area (Å²) in [4.78, 5) is 6.99. The SMILES string of the molecule is CNCC1CCCCN(C(C)C)C1c1cccnc1. The molecule has 1 aromatic rings. The van der Waals surface area contributed by atoms with Crippen molar-refractivity contribution in [2.75, 3.05) is 20.1 Å². The number of hydrogen-bond donors (Lipinski definition) is 1. The smallest absolute Gasteiger partial charge is 0.0406 e. The lowest BCUT2D eigenvalue weighted by atomic mass is 9.89. The van der Waals surface area contributed by atoms with Gasteiger partial charge in [0.05, 0.1) is 0 Å². The highest BCUT2D eigenvalue weighted by Gasteiger charge is 2.32. The minimum Gasteiger partial charge on any atom is -0.319 e. The molecule has 0 amide bonds. The Balaban J connectivity index is 2.31. The largest absolute Gasteiger partial charge is 0.319 e. The van der Waals surface area contributed by atoms with E-state index in [2.05, 4.69) is 48.2 Å². The van der Waals surface area contributed by atoms with Crippen molar-refractivity contribution in [1.29, 1.82) is 0 Å². The predicted molar refractivity (Wildman–Crippen MR) is 80.1 cm³/mol. The van der Waals surface area contributed by atoms with Crippen LogP contribution in [0.2, 0.25) is 0 Å². The van der Waals surface area contributed by atoms with E-state index in [1.54, 1.807) is 0 Å². The number of likely N-dealkylation sites (tertiary alicyclic amines) is 1. The Kier molecular flexibility index (Phi) is 5.34. The third-order valence-electron chi connectivity index (χ3n) is 4.20. The Bertz CT molecular complexity index is 364. The topological polar surface area (TPSA) is 28.2 Å². The van der Waals surface area contributed by atoms with Crippen molar-refractivity contribution in [1.82, 2.24) is 15.2 Å². The molecule has 0 radical (unpaired) electrons. The molecule has 0 saturated carbocycles. The van der Waals surface area contributed by atoms with Gasteiger partial charge in [-0.15, -0.1) is 0 Å². The van der Waals surface area contributed by atoms with Crippen molar-refractivity contribution >= 4 is 0 Å². The molecule has 2 heterocycles. The molecule has 0 aromatic carbocycles. The molecule has 1 aliphatic rings. The highest BCUT2D eigenvalue weighted by Crippen LogP contribution is 2.35. The predicted octanol–water partition coefficient (Wildman–Crippen LogP) is 2.85. The number of nitrogens with zero attached hydrogens (tertiary/aromatic N) is 2. The van der Waals surface area contributed by atoms with Crippen molar-refractivity contribution in [2.45, 2.75) is 45.2 Å². The van der Waals surface area contributed by atoms with Gasteiger partial charge in [0.2, 0.25) is 0 Å². The average molecular weight is 261 g/mol. The van der Waals surface area contributed by atoms with Gasteiger partial charge in [-0.2, -0.15) is 0 Å². The van der Waals surface area contributed by atoms with Gasteiger partial charge in [-0.3, -0.25) is 9.88 Å². The maximum atomic E-state index is 4.33. The lowest BCUT2D eigenvalue weighted by Gasteiger charge is -2.38. The summed E-state index contributed by atoms with van der Waals surface area (Å²) in [5.74, 6) is 0.680. The number of aromatic nitrogens is 1. The molecular weight excluding hydrogens is 234 g/mol. The molecule has 19 heavy (non-hydrogen) atoms. The lowest BCUT2D eigenvalue weighted by molar-refractivity contribution is 0.118. The fourth-order valence-electron chi connectivity index (χ4n) is 3.34. The van der Waals surface area contributed by atoms with Crippen molar-refractivity contribution in [2.24, 2.45) is 5.92 Å². The first kappa shape index (κ1) is 14.5. The highest BCUT2D eigenvalue weighted by molar-refractivity contribution is 5.16. The minimum absolute atomic E-state index is 0.503. The van der Waals surface area contributed by atoms with Crippen LogP contribution in [0.1, 0.15) is 44.7 Å². The fourth-order valence-corrected chi connectivity index (χ4v) is 3.34. The summed E-state index contributed by atoms with van der Waals surface area (Å²) in [6, 6.07) is 5.39. The molecule has 0 bridgehead atoms. The minimum atomic E-state index is 0.503. The maximum absolute atomic E-state index is 4.33. The molecule has 0 aliphatic carbocycles. The lowest BCUT2D eigenvalue weighted by Crippen LogP contribution is -2.40. The molecule has 0 spiro atoms. The van der Waals surface area contributed by atoms with Crippen LogP contribution in [0.15, 0.2) is 24.5 Å². The third-order valence-corrected chi connectivity index (χ3v) is 4.20. The monoisotopic (exact) mass is 261 g/mol. The summed E-state index contributed by atoms with van der Waals surface area (Å²) < 4.78 is 0.